The van der Waals surface area contributed by atoms with Crippen molar-refractivity contribution in [3.05, 3.63) is 11.9 Å². The molecule has 0 aliphatic carbocycles. The Labute approximate surface area is 292 Å². The molecule has 0 aromatic carbocycles. The van der Waals surface area contributed by atoms with Crippen LogP contribution in [0.25, 0.3) is 0 Å². The molecule has 0 saturated carbocycles. The number of thiol groups is 1. The number of amides is 2. The Kier molecular flexibility index (Phi) is 21.0. The minimum atomic E-state index is -4.34. The summed E-state index contributed by atoms with van der Waals surface area (Å²) in [5.41, 5.74) is 0.593. The summed E-state index contributed by atoms with van der Waals surface area (Å²) >= 11 is 4.46. The van der Waals surface area contributed by atoms with Crippen molar-refractivity contribution in [2.45, 2.75) is 88.5 Å². The lowest BCUT2D eigenvalue weighted by Crippen LogP contribution is -2.58. The lowest BCUT2D eigenvalue weighted by molar-refractivity contribution is -0.296. The zero-order valence-corrected chi connectivity index (χ0v) is 30.0. The lowest BCUT2D eigenvalue weighted by atomic mass is 9.97. The maximum Gasteiger partial charge on any atom is 0.325 e. The Morgan fingerprint density at radius 2 is 1.63 bits per heavy atom. The molecule has 1 saturated heterocycles. The Balaban J connectivity index is 1.44. The second-order valence-corrected chi connectivity index (χ2v) is 14.2. The highest BCUT2D eigenvalue weighted by atomic mass is 32.1. The van der Waals surface area contributed by atoms with E-state index >= 15 is 0 Å². The highest BCUT2D eigenvalue weighted by Gasteiger charge is 2.44. The number of aliphatic hydroxyl groups excluding tert-OH is 3. The van der Waals surface area contributed by atoms with E-state index in [1.54, 1.807) is 10.9 Å². The van der Waals surface area contributed by atoms with E-state index in [0.717, 1.165) is 6.42 Å². The zero-order valence-electron chi connectivity index (χ0n) is 28.2. The van der Waals surface area contributed by atoms with Crippen LogP contribution in [0.3, 0.4) is 0 Å². The van der Waals surface area contributed by atoms with Gasteiger partial charge in [0.25, 0.3) is 0 Å². The number of hydrogen-bond donors (Lipinski definition) is 8. The van der Waals surface area contributed by atoms with E-state index in [4.69, 9.17) is 33.5 Å². The van der Waals surface area contributed by atoms with Crippen LogP contribution in [0.5, 0.6) is 0 Å². The third-order valence-electron chi connectivity index (χ3n) is 7.75. The van der Waals surface area contributed by atoms with Gasteiger partial charge >= 0.3 is 7.60 Å². The van der Waals surface area contributed by atoms with E-state index in [-0.39, 0.29) is 43.1 Å². The number of nitrogens with one attached hydrogen (secondary N) is 2. The van der Waals surface area contributed by atoms with Gasteiger partial charge in [0.1, 0.15) is 18.3 Å². The summed E-state index contributed by atoms with van der Waals surface area (Å²) < 4.78 is 40.2. The molecule has 0 bridgehead atoms. The Hall–Kier alpha value is -1.74. The van der Waals surface area contributed by atoms with Gasteiger partial charge < -0.3 is 59.4 Å². The molecule has 18 nitrogen and oxygen atoms in total. The van der Waals surface area contributed by atoms with Gasteiger partial charge in [0.05, 0.1) is 70.8 Å². The van der Waals surface area contributed by atoms with Crippen LogP contribution in [-0.2, 0) is 50.8 Å². The Morgan fingerprint density at radius 1 is 0.980 bits per heavy atom. The van der Waals surface area contributed by atoms with Gasteiger partial charge in [0.15, 0.2) is 6.29 Å². The minimum Gasteiger partial charge on any atom is -0.388 e. The molecular weight excluding hydrogens is 689 g/mol. The summed E-state index contributed by atoms with van der Waals surface area (Å²) in [4.78, 5) is 42.0. The van der Waals surface area contributed by atoms with Gasteiger partial charge in [0.2, 0.25) is 11.8 Å². The first kappa shape index (κ1) is 43.4. The fourth-order valence-electron chi connectivity index (χ4n) is 4.53. The van der Waals surface area contributed by atoms with E-state index in [1.807, 2.05) is 0 Å². The molecule has 20 heteroatoms. The maximum atomic E-state index is 11.9. The number of nitrogens with zero attached hydrogens (tertiary/aromatic N) is 3. The summed E-state index contributed by atoms with van der Waals surface area (Å²) in [5, 5.41) is 43.9. The SMILES string of the molecule is CCC(C)C(S)CC(=O)NCCC(=O)NCCOCCOCCOCCn1cc(CCO[C@H]2O[C@H](CCP(=O)(O)O)[C@@H](O)[C@H](O)[C@@H]2O)nn1. The summed E-state index contributed by atoms with van der Waals surface area (Å²) in [5.74, 6) is 0.0755. The minimum absolute atomic E-state index is 0.00220. The maximum absolute atomic E-state index is 11.9. The second-order valence-electron chi connectivity index (χ2n) is 11.7. The van der Waals surface area contributed by atoms with Crippen molar-refractivity contribution in [3.8, 4) is 0 Å². The van der Waals surface area contributed by atoms with Gasteiger partial charge in [-0.15, -0.1) is 5.10 Å². The molecule has 2 rings (SSSR count). The number of rotatable bonds is 26. The average Bonchev–Trinajstić information content (AvgIpc) is 3.51. The van der Waals surface area contributed by atoms with Crippen LogP contribution in [0, 0.1) is 5.92 Å². The number of carbonyl (C=O) groups is 2. The van der Waals surface area contributed by atoms with Crippen molar-refractivity contribution >= 4 is 32.0 Å². The lowest BCUT2D eigenvalue weighted by Gasteiger charge is -2.40. The molecule has 2 amide bonds. The van der Waals surface area contributed by atoms with Crippen molar-refractivity contribution in [2.75, 3.05) is 65.5 Å². The van der Waals surface area contributed by atoms with Crippen LogP contribution in [0.1, 0.15) is 45.2 Å². The smallest absolute Gasteiger partial charge is 0.325 e. The number of aliphatic hydroxyl groups is 3. The third kappa shape index (κ3) is 18.4. The predicted molar refractivity (Wildman–Crippen MR) is 178 cm³/mol. The Bertz CT molecular complexity index is 1130. The van der Waals surface area contributed by atoms with Gasteiger partial charge in [-0.3, -0.25) is 14.2 Å². The van der Waals surface area contributed by atoms with Crippen LogP contribution < -0.4 is 10.6 Å². The summed E-state index contributed by atoms with van der Waals surface area (Å²) in [6, 6.07) is 0. The molecule has 1 fully saturated rings. The largest absolute Gasteiger partial charge is 0.388 e. The van der Waals surface area contributed by atoms with Gasteiger partial charge in [-0.05, 0) is 12.3 Å². The first-order valence-electron chi connectivity index (χ1n) is 16.5. The molecule has 2 heterocycles. The quantitative estimate of drug-likeness (QED) is 0.0309. The van der Waals surface area contributed by atoms with Gasteiger partial charge in [-0.2, -0.15) is 12.6 Å². The van der Waals surface area contributed by atoms with E-state index in [0.29, 0.717) is 77.2 Å². The molecule has 0 radical (unpaired) electrons. The highest BCUT2D eigenvalue weighted by Crippen LogP contribution is 2.37. The molecule has 2 unspecified atom stereocenters. The van der Waals surface area contributed by atoms with Crippen molar-refractivity contribution in [1.82, 2.24) is 25.6 Å². The monoisotopic (exact) mass is 743 g/mol. The molecule has 1 aromatic rings. The second kappa shape index (κ2) is 23.7. The molecule has 7 N–H and O–H groups in total. The fourth-order valence-corrected chi connectivity index (χ4v) is 5.50. The number of aromatic nitrogens is 3. The highest BCUT2D eigenvalue weighted by molar-refractivity contribution is 7.81. The van der Waals surface area contributed by atoms with Crippen LogP contribution in [0.4, 0.5) is 0 Å². The topological polar surface area (TPSA) is 253 Å². The van der Waals surface area contributed by atoms with E-state index in [1.165, 1.54) is 0 Å². The standard InChI is InChI=1S/C29H54N5O13PS/c1-3-20(2)23(49)18-25(36)30-7-4-24(35)31-8-11-43-13-15-45-16-14-44-12-9-34-19-21(32-33-34)5-10-46-29-28(39)27(38)26(37)22(47-29)6-17-48(40,41)42/h19-20,22-23,26-29,37-39,49H,3-18H2,1-2H3,(H,30,36)(H,31,35)(H2,40,41,42)/t20?,22-,23?,26-,27+,28+,29+/m1/s1. The summed E-state index contributed by atoms with van der Waals surface area (Å²) in [7, 11) is -4.34. The number of ether oxygens (including phenoxy) is 5. The molecular formula is C29H54N5O13PS. The average molecular weight is 744 g/mol. The van der Waals surface area contributed by atoms with Gasteiger partial charge in [-0.25, -0.2) is 4.68 Å². The van der Waals surface area contributed by atoms with Crippen molar-refractivity contribution in [2.24, 2.45) is 5.92 Å². The normalized spacial score (nSPS) is 22.5. The molecule has 1 aromatic heterocycles. The molecule has 284 valence electrons. The van der Waals surface area contributed by atoms with E-state index in [9.17, 15) is 29.5 Å². The van der Waals surface area contributed by atoms with Crippen LogP contribution in [0.15, 0.2) is 6.20 Å². The summed E-state index contributed by atoms with van der Waals surface area (Å²) in [6.45, 7) is 7.42. The van der Waals surface area contributed by atoms with Crippen LogP contribution >= 0.6 is 20.2 Å². The number of hydrogen-bond acceptors (Lipinski definition) is 14. The van der Waals surface area contributed by atoms with Crippen LogP contribution in [-0.4, -0.2) is 153 Å². The first-order valence-corrected chi connectivity index (χ1v) is 18.8. The van der Waals surface area contributed by atoms with Crippen molar-refractivity contribution < 1.29 is 62.9 Å². The van der Waals surface area contributed by atoms with Gasteiger partial charge in [0, 0.05) is 43.8 Å². The zero-order chi connectivity index (χ0) is 36.2. The van der Waals surface area contributed by atoms with Crippen molar-refractivity contribution in [1.29, 1.82) is 0 Å². The predicted octanol–water partition coefficient (Wildman–Crippen LogP) is -1.38. The number of carbonyl (C=O) groups excluding carboxylic acids is 2. The van der Waals surface area contributed by atoms with Gasteiger partial charge in [-0.1, -0.05) is 25.5 Å². The third-order valence-corrected chi connectivity index (χ3v) is 9.28. The molecule has 0 spiro atoms. The van der Waals surface area contributed by atoms with Crippen molar-refractivity contribution in [3.63, 3.8) is 0 Å². The van der Waals surface area contributed by atoms with Crippen LogP contribution in [0.2, 0.25) is 0 Å². The molecule has 7 atom stereocenters. The summed E-state index contributed by atoms with van der Waals surface area (Å²) in [6.07, 6.45) is -4.38. The first-order chi connectivity index (χ1) is 23.3. The van der Waals surface area contributed by atoms with E-state index < -0.39 is 44.5 Å². The molecule has 1 aliphatic rings. The molecule has 1 aliphatic heterocycles. The molecule has 49 heavy (non-hydrogen) atoms. The Morgan fingerprint density at radius 3 is 2.31 bits per heavy atom. The fraction of sp³-hybridized carbons (Fsp3) is 0.862. The van der Waals surface area contributed by atoms with E-state index in [2.05, 4.69) is 47.4 Å².